The number of aryl methyl sites for hydroxylation is 1. The molecule has 0 saturated heterocycles. The summed E-state index contributed by atoms with van der Waals surface area (Å²) in [7, 11) is 0. The van der Waals surface area contributed by atoms with Crippen LogP contribution in [0.5, 0.6) is 0 Å². The number of carbonyl (C=O) groups is 1. The average Bonchev–Trinajstić information content (AvgIpc) is 3.53. The Balaban J connectivity index is 1.51. The highest BCUT2D eigenvalue weighted by molar-refractivity contribution is 6.07. The molecule has 1 amide bonds. The third kappa shape index (κ3) is 4.73. The van der Waals surface area contributed by atoms with E-state index < -0.39 is 17.5 Å². The third-order valence-corrected chi connectivity index (χ3v) is 6.56. The van der Waals surface area contributed by atoms with Crippen molar-refractivity contribution in [3.05, 3.63) is 72.7 Å². The summed E-state index contributed by atoms with van der Waals surface area (Å²) in [5.74, 6) is -0.0481. The van der Waals surface area contributed by atoms with Gasteiger partial charge in [-0.25, -0.2) is 19.9 Å². The fraction of sp³-hybridized carbons (Fsp3) is 0.346. The first-order valence-corrected chi connectivity index (χ1v) is 12.0. The minimum atomic E-state index is -4.84. The van der Waals surface area contributed by atoms with Gasteiger partial charge in [0.1, 0.15) is 22.7 Å². The van der Waals surface area contributed by atoms with Crippen LogP contribution in [0.3, 0.4) is 0 Å². The van der Waals surface area contributed by atoms with E-state index in [9.17, 15) is 18.0 Å². The molecule has 8 nitrogen and oxygen atoms in total. The van der Waals surface area contributed by atoms with Gasteiger partial charge in [0.15, 0.2) is 11.5 Å². The largest absolute Gasteiger partial charge is 0.573 e. The number of amides is 1. The molecule has 11 heteroatoms. The third-order valence-electron chi connectivity index (χ3n) is 6.56. The summed E-state index contributed by atoms with van der Waals surface area (Å²) in [6, 6.07) is 0. The van der Waals surface area contributed by atoms with Crippen LogP contribution in [0.15, 0.2) is 61.4 Å². The Labute approximate surface area is 211 Å². The molecule has 1 unspecified atom stereocenters. The van der Waals surface area contributed by atoms with Crippen molar-refractivity contribution in [3.63, 3.8) is 0 Å². The molecule has 1 saturated carbocycles. The molecule has 2 aliphatic rings. The molecule has 0 aromatic carbocycles. The summed E-state index contributed by atoms with van der Waals surface area (Å²) in [5.41, 5.74) is 1.68. The van der Waals surface area contributed by atoms with E-state index in [0.29, 0.717) is 22.9 Å². The average molecular weight is 511 g/mol. The number of fused-ring (bicyclic) bond motifs is 2. The molecule has 1 fully saturated rings. The Kier molecular flexibility index (Phi) is 6.30. The predicted octanol–water partition coefficient (Wildman–Crippen LogP) is 5.29. The van der Waals surface area contributed by atoms with E-state index in [1.807, 2.05) is 10.6 Å². The normalized spacial score (nSPS) is 19.9. The van der Waals surface area contributed by atoms with E-state index in [4.69, 9.17) is 4.98 Å². The van der Waals surface area contributed by atoms with E-state index in [1.54, 1.807) is 24.7 Å². The Morgan fingerprint density at radius 2 is 2.14 bits per heavy atom. The maximum absolute atomic E-state index is 13.3. The lowest BCUT2D eigenvalue weighted by Crippen LogP contribution is -2.34. The molecule has 192 valence electrons. The first-order valence-electron chi connectivity index (χ1n) is 12.0. The van der Waals surface area contributed by atoms with Gasteiger partial charge < -0.3 is 14.5 Å². The summed E-state index contributed by atoms with van der Waals surface area (Å²) >= 11 is 0. The minimum absolute atomic E-state index is 0.00960. The fourth-order valence-corrected chi connectivity index (χ4v) is 4.67. The van der Waals surface area contributed by atoms with Crippen molar-refractivity contribution >= 4 is 17.4 Å². The molecule has 0 radical (unpaired) electrons. The van der Waals surface area contributed by atoms with Gasteiger partial charge in [-0.3, -0.25) is 4.79 Å². The number of ether oxygens (including phenoxy) is 1. The van der Waals surface area contributed by atoms with E-state index in [1.165, 1.54) is 6.08 Å². The molecule has 1 atom stereocenters. The second kappa shape index (κ2) is 9.45. The zero-order valence-corrected chi connectivity index (χ0v) is 20.1. The summed E-state index contributed by atoms with van der Waals surface area (Å²) in [4.78, 5) is 31.6. The Morgan fingerprint density at radius 3 is 2.84 bits per heavy atom. The molecular formula is C26H25F3N6O2. The number of hydrogen-bond acceptors (Lipinski definition) is 6. The van der Waals surface area contributed by atoms with Gasteiger partial charge in [0.2, 0.25) is 5.91 Å². The van der Waals surface area contributed by atoms with Gasteiger partial charge in [-0.05, 0) is 43.8 Å². The predicted molar refractivity (Wildman–Crippen MR) is 130 cm³/mol. The van der Waals surface area contributed by atoms with Crippen LogP contribution < -0.4 is 5.32 Å². The van der Waals surface area contributed by atoms with Gasteiger partial charge in [-0.1, -0.05) is 32.1 Å². The van der Waals surface area contributed by atoms with Crippen molar-refractivity contribution in [1.82, 2.24) is 24.3 Å². The van der Waals surface area contributed by atoms with Gasteiger partial charge in [0, 0.05) is 30.4 Å². The number of unbranched alkanes of at least 4 members (excludes halogenated alkanes) is 1. The molecule has 37 heavy (non-hydrogen) atoms. The molecule has 5 rings (SSSR count). The number of rotatable bonds is 9. The van der Waals surface area contributed by atoms with Crippen molar-refractivity contribution in [3.8, 4) is 11.5 Å². The van der Waals surface area contributed by atoms with E-state index >= 15 is 0 Å². The number of imidazole rings is 1. The molecule has 3 aromatic heterocycles. The molecule has 1 N–H and O–H groups in total. The Morgan fingerprint density at radius 1 is 1.32 bits per heavy atom. The number of anilines is 1. The highest BCUT2D eigenvalue weighted by Gasteiger charge is 2.55. The first-order chi connectivity index (χ1) is 17.7. The Hall–Kier alpha value is -4.02. The van der Waals surface area contributed by atoms with Gasteiger partial charge in [0.05, 0.1) is 5.69 Å². The lowest BCUT2D eigenvalue weighted by molar-refractivity contribution is -0.303. The summed E-state index contributed by atoms with van der Waals surface area (Å²) in [6.07, 6.45) is 11.5. The molecule has 4 heterocycles. The van der Waals surface area contributed by atoms with Crippen LogP contribution >= 0.6 is 0 Å². The van der Waals surface area contributed by atoms with Gasteiger partial charge in [-0.2, -0.15) is 0 Å². The lowest BCUT2D eigenvalue weighted by atomic mass is 9.77. The number of halogens is 3. The minimum Gasteiger partial charge on any atom is -0.406 e. The number of alkyl halides is 3. The number of aromatic nitrogens is 5. The smallest absolute Gasteiger partial charge is 0.406 e. The van der Waals surface area contributed by atoms with Crippen LogP contribution in [0.1, 0.15) is 43.9 Å². The monoisotopic (exact) mass is 510 g/mol. The number of nitrogens with one attached hydrogen (secondary N) is 1. The SMILES string of the molecule is C=C/C(=C\C=C\C1(C2CC2)C(=O)Nc2nc(-c3cn4ccnc4c(CCCC)n3)ncc21)OC(F)(F)F. The van der Waals surface area contributed by atoms with Crippen LogP contribution in [-0.2, 0) is 21.4 Å². The van der Waals surface area contributed by atoms with Crippen LogP contribution in [0.2, 0.25) is 0 Å². The van der Waals surface area contributed by atoms with Crippen molar-refractivity contribution in [1.29, 1.82) is 0 Å². The second-order valence-electron chi connectivity index (χ2n) is 9.07. The maximum atomic E-state index is 13.3. The summed E-state index contributed by atoms with van der Waals surface area (Å²) in [6.45, 7) is 5.46. The van der Waals surface area contributed by atoms with E-state index in [0.717, 1.165) is 55.6 Å². The molecule has 0 spiro atoms. The molecule has 3 aromatic rings. The maximum Gasteiger partial charge on any atom is 0.573 e. The molecular weight excluding hydrogens is 485 g/mol. The summed E-state index contributed by atoms with van der Waals surface area (Å²) < 4.78 is 43.6. The molecule has 1 aliphatic heterocycles. The zero-order valence-electron chi connectivity index (χ0n) is 20.1. The second-order valence-corrected chi connectivity index (χ2v) is 9.07. The topological polar surface area (TPSA) is 94.3 Å². The standard InChI is InChI=1S/C26H25F3N6O2/c1-3-5-8-19-23-30-12-13-35(23)15-20(32-19)22-31-14-18-21(33-22)34-24(36)25(18,16-9-10-16)11-6-7-17(4-2)37-26(27,28)29/h4,6-7,11-16H,2-3,5,8-10H2,1H3,(H,31,33,34,36)/b11-6+,17-7+. The van der Waals surface area contributed by atoms with Crippen LogP contribution in [0.25, 0.3) is 17.2 Å². The van der Waals surface area contributed by atoms with Crippen LogP contribution in [0.4, 0.5) is 19.0 Å². The zero-order chi connectivity index (χ0) is 26.2. The van der Waals surface area contributed by atoms with E-state index in [-0.39, 0.29) is 11.8 Å². The number of hydrogen-bond donors (Lipinski definition) is 1. The quantitative estimate of drug-likeness (QED) is 0.311. The number of allylic oxidation sites excluding steroid dienone is 3. The molecule has 0 bridgehead atoms. The van der Waals surface area contributed by atoms with Gasteiger partial charge >= 0.3 is 6.36 Å². The highest BCUT2D eigenvalue weighted by Crippen LogP contribution is 2.53. The number of nitrogens with zero attached hydrogens (tertiary/aromatic N) is 5. The Bertz CT molecular complexity index is 1420. The van der Waals surface area contributed by atoms with Crippen molar-refractivity contribution in [2.45, 2.75) is 50.8 Å². The summed E-state index contributed by atoms with van der Waals surface area (Å²) in [5, 5.41) is 2.85. The van der Waals surface area contributed by atoms with Gasteiger partial charge in [-0.15, -0.1) is 13.2 Å². The lowest BCUT2D eigenvalue weighted by Gasteiger charge is -2.22. The van der Waals surface area contributed by atoms with Crippen LogP contribution in [0, 0.1) is 5.92 Å². The molecule has 1 aliphatic carbocycles. The van der Waals surface area contributed by atoms with Crippen molar-refractivity contribution < 1.29 is 22.7 Å². The van der Waals surface area contributed by atoms with Crippen molar-refractivity contribution in [2.75, 3.05) is 5.32 Å². The van der Waals surface area contributed by atoms with Crippen molar-refractivity contribution in [2.24, 2.45) is 5.92 Å². The number of carbonyl (C=O) groups excluding carboxylic acids is 1. The highest BCUT2D eigenvalue weighted by atomic mass is 19.4. The van der Waals surface area contributed by atoms with Crippen LogP contribution in [-0.4, -0.2) is 36.6 Å². The fourth-order valence-electron chi connectivity index (χ4n) is 4.67. The first kappa shape index (κ1) is 24.7. The van der Waals surface area contributed by atoms with Gasteiger partial charge in [0.25, 0.3) is 0 Å². The van der Waals surface area contributed by atoms with E-state index in [2.05, 4.69) is 38.5 Å².